The van der Waals surface area contributed by atoms with E-state index in [9.17, 15) is 0 Å². The van der Waals surface area contributed by atoms with Crippen molar-refractivity contribution in [3.63, 3.8) is 0 Å². The lowest BCUT2D eigenvalue weighted by Gasteiger charge is -1.89. The second-order valence-corrected chi connectivity index (χ2v) is 1.01. The lowest BCUT2D eigenvalue weighted by molar-refractivity contribution is 0.994. The molecule has 1 radical (unpaired) electrons. The molecule has 0 aromatic rings. The van der Waals surface area contributed by atoms with Crippen LogP contribution in [0.5, 0.6) is 0 Å². The summed E-state index contributed by atoms with van der Waals surface area (Å²) in [6.45, 7) is 3.83. The number of guanidine groups is 1. The summed E-state index contributed by atoms with van der Waals surface area (Å²) in [6, 6.07) is 0. The van der Waals surface area contributed by atoms with Crippen LogP contribution in [0.4, 0.5) is 0 Å². The fourth-order valence-electron chi connectivity index (χ4n) is 0.163. The van der Waals surface area contributed by atoms with Gasteiger partial charge in [-0.1, -0.05) is 6.08 Å². The third-order valence-electron chi connectivity index (χ3n) is 0.391. The van der Waals surface area contributed by atoms with Gasteiger partial charge in [0.25, 0.3) is 0 Å². The quantitative estimate of drug-likeness (QED) is 0.277. The van der Waals surface area contributed by atoms with Crippen molar-refractivity contribution >= 4 is 5.96 Å². The molecular weight excluding hydrogens is 90.1 g/mol. The normalized spacial score (nSPS) is 7.43. The maximum Gasteiger partial charge on any atom is 0.208 e. The highest BCUT2D eigenvalue weighted by molar-refractivity contribution is 5.73. The van der Waals surface area contributed by atoms with E-state index in [1.165, 1.54) is 0 Å². The van der Waals surface area contributed by atoms with E-state index in [4.69, 9.17) is 11.1 Å². The van der Waals surface area contributed by atoms with Crippen molar-refractivity contribution in [2.75, 3.05) is 6.54 Å². The van der Waals surface area contributed by atoms with E-state index in [0.29, 0.717) is 6.54 Å². The summed E-state index contributed by atoms with van der Waals surface area (Å²) in [5, 5.41) is 10.0. The van der Waals surface area contributed by atoms with Gasteiger partial charge in [-0.25, -0.2) is 5.32 Å². The number of hydrogen-bond acceptors (Lipinski definition) is 1. The Morgan fingerprint density at radius 1 is 2.00 bits per heavy atom. The van der Waals surface area contributed by atoms with Crippen molar-refractivity contribution in [3.8, 4) is 0 Å². The standard InChI is InChI=1S/C4H8N3/c1-2-3-7-4(5)6/h2H,1,3H2,(H3,5,6). The van der Waals surface area contributed by atoms with E-state index in [-0.39, 0.29) is 5.96 Å². The molecular formula is C4H8N3. The average molecular weight is 98.1 g/mol. The molecule has 0 spiro atoms. The summed E-state index contributed by atoms with van der Waals surface area (Å²) >= 11 is 0. The van der Waals surface area contributed by atoms with Gasteiger partial charge in [0.05, 0.1) is 6.54 Å². The van der Waals surface area contributed by atoms with Crippen molar-refractivity contribution in [1.29, 1.82) is 5.41 Å². The zero-order chi connectivity index (χ0) is 5.70. The Labute approximate surface area is 42.7 Å². The molecule has 0 saturated carbocycles. The zero-order valence-electron chi connectivity index (χ0n) is 4.02. The molecule has 0 amide bonds. The molecule has 0 bridgehead atoms. The van der Waals surface area contributed by atoms with Gasteiger partial charge in [-0.2, -0.15) is 0 Å². The van der Waals surface area contributed by atoms with Gasteiger partial charge in [-0.15, -0.1) is 6.58 Å². The first-order chi connectivity index (χ1) is 3.27. The number of rotatable bonds is 2. The minimum Gasteiger partial charge on any atom is -0.369 e. The predicted molar refractivity (Wildman–Crippen MR) is 29.1 cm³/mol. The van der Waals surface area contributed by atoms with Gasteiger partial charge in [-0.3, -0.25) is 5.41 Å². The molecule has 3 nitrogen and oxygen atoms in total. The van der Waals surface area contributed by atoms with Crippen LogP contribution in [-0.2, 0) is 0 Å². The molecule has 3 heteroatoms. The molecule has 0 aromatic heterocycles. The monoisotopic (exact) mass is 98.1 g/mol. The second kappa shape index (κ2) is 3.21. The molecule has 0 aliphatic heterocycles. The summed E-state index contributed by atoms with van der Waals surface area (Å²) in [4.78, 5) is 0. The van der Waals surface area contributed by atoms with Gasteiger partial charge >= 0.3 is 0 Å². The van der Waals surface area contributed by atoms with Gasteiger partial charge in [0.15, 0.2) is 0 Å². The number of nitrogens with zero attached hydrogens (tertiary/aromatic N) is 1. The van der Waals surface area contributed by atoms with Crippen LogP contribution in [0.15, 0.2) is 12.7 Å². The van der Waals surface area contributed by atoms with Crippen molar-refractivity contribution in [3.05, 3.63) is 12.7 Å². The van der Waals surface area contributed by atoms with Crippen molar-refractivity contribution in [1.82, 2.24) is 5.32 Å². The smallest absolute Gasteiger partial charge is 0.208 e. The van der Waals surface area contributed by atoms with Gasteiger partial charge in [0.2, 0.25) is 5.96 Å². The molecule has 7 heavy (non-hydrogen) atoms. The molecule has 39 valence electrons. The Morgan fingerprint density at radius 3 is 2.71 bits per heavy atom. The van der Waals surface area contributed by atoms with Crippen LogP contribution in [0, 0.1) is 5.41 Å². The molecule has 0 rings (SSSR count). The molecule has 0 heterocycles. The van der Waals surface area contributed by atoms with Crippen LogP contribution in [0.2, 0.25) is 0 Å². The zero-order valence-corrected chi connectivity index (χ0v) is 4.02. The summed E-state index contributed by atoms with van der Waals surface area (Å²) < 4.78 is 0. The molecule has 0 aliphatic carbocycles. The average Bonchev–Trinajstić information content (AvgIpc) is 1.61. The highest BCUT2D eigenvalue weighted by Crippen LogP contribution is 1.58. The molecule has 0 fully saturated rings. The van der Waals surface area contributed by atoms with Crippen LogP contribution in [0.3, 0.4) is 0 Å². The molecule has 0 saturated heterocycles. The highest BCUT2D eigenvalue weighted by atomic mass is 15.0. The number of nitrogens with two attached hydrogens (primary N) is 1. The first kappa shape index (κ1) is 6.01. The van der Waals surface area contributed by atoms with E-state index in [0.717, 1.165) is 0 Å². The minimum absolute atomic E-state index is 0.139. The molecule has 0 aliphatic rings. The predicted octanol–water partition coefficient (Wildman–Crippen LogP) is -0.330. The molecule has 0 aromatic carbocycles. The first-order valence-electron chi connectivity index (χ1n) is 1.90. The van der Waals surface area contributed by atoms with Crippen LogP contribution in [0.1, 0.15) is 0 Å². The fraction of sp³-hybridized carbons (Fsp3) is 0.250. The molecule has 3 N–H and O–H groups in total. The highest BCUT2D eigenvalue weighted by Gasteiger charge is 1.80. The fourth-order valence-corrected chi connectivity index (χ4v) is 0.163. The van der Waals surface area contributed by atoms with Crippen LogP contribution >= 0.6 is 0 Å². The Balaban J connectivity index is 2.97. The first-order valence-corrected chi connectivity index (χ1v) is 1.90. The van der Waals surface area contributed by atoms with E-state index < -0.39 is 0 Å². The maximum absolute atomic E-state index is 6.56. The van der Waals surface area contributed by atoms with Gasteiger partial charge in [-0.05, 0) is 0 Å². The van der Waals surface area contributed by atoms with Crippen LogP contribution < -0.4 is 11.1 Å². The van der Waals surface area contributed by atoms with E-state index in [2.05, 4.69) is 11.9 Å². The second-order valence-electron chi connectivity index (χ2n) is 1.01. The maximum atomic E-state index is 6.56. The van der Waals surface area contributed by atoms with Crippen molar-refractivity contribution < 1.29 is 0 Å². The Kier molecular flexibility index (Phi) is 2.76. The van der Waals surface area contributed by atoms with Gasteiger partial charge < -0.3 is 5.73 Å². The Bertz CT molecular complexity index is 77.0. The van der Waals surface area contributed by atoms with E-state index in [1.54, 1.807) is 6.08 Å². The SMILES string of the molecule is C=CC[N]C(=N)N. The number of nitrogens with one attached hydrogen (secondary N) is 1. The summed E-state index contributed by atoms with van der Waals surface area (Å²) in [6.07, 6.45) is 1.58. The molecule has 0 atom stereocenters. The topological polar surface area (TPSA) is 64.0 Å². The van der Waals surface area contributed by atoms with Gasteiger partial charge in [0, 0.05) is 0 Å². The lowest BCUT2D eigenvalue weighted by atomic mass is 10.6. The summed E-state index contributed by atoms with van der Waals surface area (Å²) in [5.74, 6) is -0.139. The van der Waals surface area contributed by atoms with E-state index >= 15 is 0 Å². The van der Waals surface area contributed by atoms with E-state index in [1.807, 2.05) is 0 Å². The summed E-state index contributed by atoms with van der Waals surface area (Å²) in [7, 11) is 0. The Morgan fingerprint density at radius 2 is 2.57 bits per heavy atom. The largest absolute Gasteiger partial charge is 0.369 e. The minimum atomic E-state index is -0.139. The van der Waals surface area contributed by atoms with Crippen molar-refractivity contribution in [2.24, 2.45) is 5.73 Å². The molecule has 0 unspecified atom stereocenters. The third kappa shape index (κ3) is 5.01. The number of hydrogen-bond donors (Lipinski definition) is 2. The Hall–Kier alpha value is -0.990. The van der Waals surface area contributed by atoms with Crippen LogP contribution in [0.25, 0.3) is 0 Å². The summed E-state index contributed by atoms with van der Waals surface area (Å²) in [5.41, 5.74) is 4.85. The van der Waals surface area contributed by atoms with Crippen molar-refractivity contribution in [2.45, 2.75) is 0 Å². The lowest BCUT2D eigenvalue weighted by Crippen LogP contribution is -2.23. The van der Waals surface area contributed by atoms with Gasteiger partial charge in [0.1, 0.15) is 0 Å². The van der Waals surface area contributed by atoms with Crippen LogP contribution in [-0.4, -0.2) is 12.5 Å². The third-order valence-corrected chi connectivity index (χ3v) is 0.391.